The van der Waals surface area contributed by atoms with Gasteiger partial charge in [0.1, 0.15) is 6.04 Å². The minimum atomic E-state index is -1.02. The van der Waals surface area contributed by atoms with Gasteiger partial charge >= 0.3 is 5.97 Å². The number of aliphatic carboxylic acids is 1. The van der Waals surface area contributed by atoms with Crippen molar-refractivity contribution in [3.8, 4) is 0 Å². The van der Waals surface area contributed by atoms with Crippen LogP contribution in [0.15, 0.2) is 43.2 Å². The summed E-state index contributed by atoms with van der Waals surface area (Å²) in [6, 6.07) is 3.51. The Labute approximate surface area is 120 Å². The summed E-state index contributed by atoms with van der Waals surface area (Å²) < 4.78 is 0. The Balaban J connectivity index is 2.50. The first kappa shape index (κ1) is 14.4. The van der Waals surface area contributed by atoms with Crippen LogP contribution in [0.3, 0.4) is 0 Å². The monoisotopic (exact) mass is 287 g/mol. The van der Waals surface area contributed by atoms with Crippen LogP contribution >= 0.6 is 0 Å². The van der Waals surface area contributed by atoms with Gasteiger partial charge in [0.15, 0.2) is 0 Å². The Kier molecular flexibility index (Phi) is 4.13. The number of pyridine rings is 1. The maximum atomic E-state index is 11.2. The molecule has 0 fully saturated rings. The molecule has 0 amide bonds. The number of hydrogen-bond donors (Lipinski definition) is 2. The van der Waals surface area contributed by atoms with Gasteiger partial charge in [-0.15, -0.1) is 6.58 Å². The van der Waals surface area contributed by atoms with Crippen molar-refractivity contribution >= 4 is 28.1 Å². The predicted octanol–water partition coefficient (Wildman–Crippen LogP) is 2.58. The zero-order chi connectivity index (χ0) is 15.4. The molecule has 2 rings (SSSR count). The Morgan fingerprint density at radius 1 is 1.48 bits per heavy atom. The van der Waals surface area contributed by atoms with Crippen molar-refractivity contribution in [2.75, 3.05) is 5.32 Å². The fourth-order valence-electron chi connectivity index (χ4n) is 2.04. The number of nitro groups is 1. The van der Waals surface area contributed by atoms with Crippen molar-refractivity contribution in [1.29, 1.82) is 0 Å². The molecule has 0 saturated heterocycles. The van der Waals surface area contributed by atoms with E-state index in [1.165, 1.54) is 36.7 Å². The van der Waals surface area contributed by atoms with Crippen molar-refractivity contribution in [1.82, 2.24) is 4.98 Å². The maximum absolute atomic E-state index is 11.2. The fraction of sp³-hybridized carbons (Fsp3) is 0.143. The molecule has 0 radical (unpaired) electrons. The van der Waals surface area contributed by atoms with E-state index in [-0.39, 0.29) is 12.1 Å². The van der Waals surface area contributed by atoms with Crippen LogP contribution < -0.4 is 5.32 Å². The summed E-state index contributed by atoms with van der Waals surface area (Å²) in [4.78, 5) is 25.6. The molecule has 0 bridgehead atoms. The summed E-state index contributed by atoms with van der Waals surface area (Å²) in [7, 11) is 0. The molecular weight excluding hydrogens is 274 g/mol. The number of fused-ring (bicyclic) bond motifs is 1. The van der Waals surface area contributed by atoms with Crippen LogP contribution in [0, 0.1) is 10.1 Å². The van der Waals surface area contributed by atoms with Gasteiger partial charge in [-0.2, -0.15) is 0 Å². The molecule has 7 nitrogen and oxygen atoms in total. The highest BCUT2D eigenvalue weighted by molar-refractivity contribution is 6.00. The molecule has 0 spiro atoms. The molecule has 21 heavy (non-hydrogen) atoms. The summed E-state index contributed by atoms with van der Waals surface area (Å²) in [6.07, 6.45) is 4.65. The minimum absolute atomic E-state index is 0.0476. The zero-order valence-corrected chi connectivity index (χ0v) is 11.0. The molecule has 1 heterocycles. The van der Waals surface area contributed by atoms with Gasteiger partial charge in [-0.1, -0.05) is 6.08 Å². The topological polar surface area (TPSA) is 105 Å². The number of aromatic nitrogens is 1. The molecule has 0 aliphatic heterocycles. The van der Waals surface area contributed by atoms with Gasteiger partial charge in [-0.25, -0.2) is 4.79 Å². The summed E-state index contributed by atoms with van der Waals surface area (Å²) in [5.41, 5.74) is 0.437. The number of rotatable bonds is 6. The van der Waals surface area contributed by atoms with E-state index in [1.807, 2.05) is 0 Å². The number of anilines is 1. The van der Waals surface area contributed by atoms with E-state index in [1.54, 1.807) is 0 Å². The van der Waals surface area contributed by atoms with Crippen molar-refractivity contribution in [2.24, 2.45) is 0 Å². The highest BCUT2D eigenvalue weighted by Crippen LogP contribution is 2.31. The first-order valence-electron chi connectivity index (χ1n) is 6.16. The Hall–Kier alpha value is -2.96. The number of non-ortho nitro benzene ring substituents is 1. The van der Waals surface area contributed by atoms with E-state index in [2.05, 4.69) is 16.9 Å². The lowest BCUT2D eigenvalue weighted by atomic mass is 10.1. The first-order chi connectivity index (χ1) is 10.0. The molecule has 7 heteroatoms. The van der Waals surface area contributed by atoms with Crippen LogP contribution in [0.2, 0.25) is 0 Å². The third-order valence-electron chi connectivity index (χ3n) is 3.02. The van der Waals surface area contributed by atoms with Crippen molar-refractivity contribution in [3.05, 3.63) is 53.4 Å². The normalized spacial score (nSPS) is 11.8. The molecule has 1 unspecified atom stereocenters. The van der Waals surface area contributed by atoms with Crippen molar-refractivity contribution < 1.29 is 14.8 Å². The number of nitrogens with one attached hydrogen (secondary N) is 1. The second kappa shape index (κ2) is 6.00. The molecule has 1 atom stereocenters. The van der Waals surface area contributed by atoms with E-state index in [0.29, 0.717) is 16.5 Å². The SMILES string of the molecule is C=CCC(Nc1ccc([N+](=O)[O-])c2ccncc12)C(=O)O. The van der Waals surface area contributed by atoms with Gasteiger partial charge in [-0.3, -0.25) is 15.1 Å². The molecule has 1 aromatic heterocycles. The van der Waals surface area contributed by atoms with Gasteiger partial charge < -0.3 is 10.4 Å². The third kappa shape index (κ3) is 2.97. The largest absolute Gasteiger partial charge is 0.480 e. The summed E-state index contributed by atoms with van der Waals surface area (Å²) in [5, 5.41) is 23.9. The smallest absolute Gasteiger partial charge is 0.326 e. The molecule has 108 valence electrons. The maximum Gasteiger partial charge on any atom is 0.326 e. The van der Waals surface area contributed by atoms with E-state index >= 15 is 0 Å². The summed E-state index contributed by atoms with van der Waals surface area (Å²) >= 11 is 0. The van der Waals surface area contributed by atoms with E-state index in [0.717, 1.165) is 0 Å². The van der Waals surface area contributed by atoms with Gasteiger partial charge in [0.05, 0.1) is 10.3 Å². The van der Waals surface area contributed by atoms with Gasteiger partial charge in [-0.05, 0) is 18.6 Å². The van der Waals surface area contributed by atoms with Crippen LogP contribution in [-0.4, -0.2) is 27.0 Å². The second-order valence-electron chi connectivity index (χ2n) is 4.37. The molecule has 0 saturated carbocycles. The fourth-order valence-corrected chi connectivity index (χ4v) is 2.04. The summed E-state index contributed by atoms with van der Waals surface area (Å²) in [6.45, 7) is 3.52. The number of carboxylic acid groups (broad SMARTS) is 1. The Morgan fingerprint density at radius 2 is 2.24 bits per heavy atom. The van der Waals surface area contributed by atoms with E-state index in [4.69, 9.17) is 5.11 Å². The molecule has 0 aliphatic carbocycles. The highest BCUT2D eigenvalue weighted by atomic mass is 16.6. The van der Waals surface area contributed by atoms with E-state index in [9.17, 15) is 14.9 Å². The molecule has 2 N–H and O–H groups in total. The molecule has 1 aromatic carbocycles. The Bertz CT molecular complexity index is 714. The van der Waals surface area contributed by atoms with Crippen LogP contribution in [0.4, 0.5) is 11.4 Å². The van der Waals surface area contributed by atoms with Crippen LogP contribution in [0.25, 0.3) is 10.8 Å². The number of nitro benzene ring substituents is 1. The quantitative estimate of drug-likeness (QED) is 0.480. The lowest BCUT2D eigenvalue weighted by molar-refractivity contribution is -0.383. The average Bonchev–Trinajstić information content (AvgIpc) is 2.46. The zero-order valence-electron chi connectivity index (χ0n) is 11.0. The van der Waals surface area contributed by atoms with Crippen molar-refractivity contribution in [3.63, 3.8) is 0 Å². The lowest BCUT2D eigenvalue weighted by Gasteiger charge is -2.15. The van der Waals surface area contributed by atoms with Gasteiger partial charge in [0.2, 0.25) is 0 Å². The number of nitrogens with zero attached hydrogens (tertiary/aromatic N) is 2. The second-order valence-corrected chi connectivity index (χ2v) is 4.37. The van der Waals surface area contributed by atoms with Gasteiger partial charge in [0.25, 0.3) is 5.69 Å². The third-order valence-corrected chi connectivity index (χ3v) is 3.02. The lowest BCUT2D eigenvalue weighted by Crippen LogP contribution is -2.28. The predicted molar refractivity (Wildman–Crippen MR) is 78.3 cm³/mol. The van der Waals surface area contributed by atoms with Crippen LogP contribution in [-0.2, 0) is 4.79 Å². The van der Waals surface area contributed by atoms with Crippen LogP contribution in [0.5, 0.6) is 0 Å². The standard InChI is InChI=1S/C14H13N3O4/c1-2-3-12(14(18)19)16-11-4-5-13(17(20)21)9-6-7-15-8-10(9)11/h2,4-8,12,16H,1,3H2,(H,18,19). The summed E-state index contributed by atoms with van der Waals surface area (Å²) in [5.74, 6) is -1.02. The van der Waals surface area contributed by atoms with Crippen molar-refractivity contribution in [2.45, 2.75) is 12.5 Å². The van der Waals surface area contributed by atoms with Gasteiger partial charge in [0, 0.05) is 29.5 Å². The highest BCUT2D eigenvalue weighted by Gasteiger charge is 2.19. The molecule has 2 aromatic rings. The Morgan fingerprint density at radius 3 is 2.86 bits per heavy atom. The number of hydrogen-bond acceptors (Lipinski definition) is 5. The number of carbonyl (C=O) groups is 1. The van der Waals surface area contributed by atoms with E-state index < -0.39 is 16.9 Å². The number of benzene rings is 1. The number of carboxylic acids is 1. The first-order valence-corrected chi connectivity index (χ1v) is 6.16. The van der Waals surface area contributed by atoms with Crippen LogP contribution in [0.1, 0.15) is 6.42 Å². The minimum Gasteiger partial charge on any atom is -0.480 e. The molecule has 0 aliphatic rings. The molecular formula is C14H13N3O4. The average molecular weight is 287 g/mol.